The molecule has 1 aromatic carbocycles. The van der Waals surface area contributed by atoms with Crippen LogP contribution in [0.5, 0.6) is 0 Å². The molecule has 2 N–H and O–H groups in total. The predicted octanol–water partition coefficient (Wildman–Crippen LogP) is 4.41. The van der Waals surface area contributed by atoms with E-state index in [1.54, 1.807) is 0 Å². The second-order valence-electron chi connectivity index (χ2n) is 12.2. The van der Waals surface area contributed by atoms with Gasteiger partial charge in [0.2, 0.25) is 5.95 Å². The highest BCUT2D eigenvalue weighted by molar-refractivity contribution is 5.94. The molecule has 0 unspecified atom stereocenters. The zero-order valence-electron chi connectivity index (χ0n) is 23.9. The van der Waals surface area contributed by atoms with Crippen LogP contribution < -0.4 is 10.2 Å². The third-order valence-corrected chi connectivity index (χ3v) is 9.92. The molecule has 0 bridgehead atoms. The van der Waals surface area contributed by atoms with Crippen molar-refractivity contribution in [2.75, 3.05) is 57.1 Å². The van der Waals surface area contributed by atoms with Crippen molar-refractivity contribution >= 4 is 28.9 Å². The minimum absolute atomic E-state index is 0.0660. The number of likely N-dealkylation sites (tertiary alicyclic amines) is 1. The smallest absolute Gasteiger partial charge is 0.253 e. The molecule has 40 heavy (non-hydrogen) atoms. The van der Waals surface area contributed by atoms with E-state index in [-0.39, 0.29) is 11.3 Å². The Morgan fingerprint density at radius 1 is 1.05 bits per heavy atom. The third kappa shape index (κ3) is 5.29. The van der Waals surface area contributed by atoms with Crippen LogP contribution in [-0.4, -0.2) is 88.3 Å². The fraction of sp³-hybridized carbons (Fsp3) is 0.581. The highest BCUT2D eigenvalue weighted by atomic mass is 16.3. The van der Waals surface area contributed by atoms with Crippen LogP contribution in [0.15, 0.2) is 42.6 Å². The Kier molecular flexibility index (Phi) is 7.68. The Bertz CT molecular complexity index is 1300. The minimum Gasteiger partial charge on any atom is -0.396 e. The van der Waals surface area contributed by atoms with E-state index >= 15 is 0 Å². The number of aliphatic hydroxyl groups excluding tert-OH is 1. The number of hydrogen-bond acceptors (Lipinski definition) is 7. The summed E-state index contributed by atoms with van der Waals surface area (Å²) >= 11 is 0. The van der Waals surface area contributed by atoms with Gasteiger partial charge in [-0.15, -0.1) is 5.10 Å². The van der Waals surface area contributed by atoms with Crippen molar-refractivity contribution in [3.8, 4) is 0 Å². The zero-order valence-corrected chi connectivity index (χ0v) is 23.9. The van der Waals surface area contributed by atoms with Crippen molar-refractivity contribution in [2.24, 2.45) is 11.3 Å². The first-order chi connectivity index (χ1) is 19.5. The summed E-state index contributed by atoms with van der Waals surface area (Å²) in [5.41, 5.74) is 3.53. The number of nitrogens with one attached hydrogen (secondary N) is 1. The molecular weight excluding hydrogens is 502 g/mol. The van der Waals surface area contributed by atoms with Crippen molar-refractivity contribution < 1.29 is 9.90 Å². The molecule has 6 rings (SSSR count). The van der Waals surface area contributed by atoms with E-state index in [2.05, 4.69) is 33.3 Å². The largest absolute Gasteiger partial charge is 0.396 e. The highest BCUT2D eigenvalue weighted by Gasteiger charge is 2.42. The van der Waals surface area contributed by atoms with Crippen LogP contribution in [0.4, 0.5) is 17.3 Å². The van der Waals surface area contributed by atoms with Gasteiger partial charge in [0.15, 0.2) is 5.65 Å². The molecule has 1 aliphatic carbocycles. The maximum absolute atomic E-state index is 13.1. The van der Waals surface area contributed by atoms with Gasteiger partial charge in [-0.05, 0) is 106 Å². The van der Waals surface area contributed by atoms with Crippen molar-refractivity contribution in [1.82, 2.24) is 24.4 Å². The Labute approximate surface area is 237 Å². The predicted molar refractivity (Wildman–Crippen MR) is 158 cm³/mol. The number of aliphatic hydroxyl groups is 1. The number of amides is 1. The monoisotopic (exact) mass is 545 g/mol. The van der Waals surface area contributed by atoms with Crippen molar-refractivity contribution in [1.29, 1.82) is 0 Å². The van der Waals surface area contributed by atoms with Gasteiger partial charge >= 0.3 is 0 Å². The Hall–Kier alpha value is -3.17. The van der Waals surface area contributed by atoms with Crippen LogP contribution in [-0.2, 0) is 0 Å². The second kappa shape index (κ2) is 11.4. The van der Waals surface area contributed by atoms with E-state index in [1.165, 1.54) is 25.7 Å². The van der Waals surface area contributed by atoms with E-state index in [4.69, 9.17) is 4.98 Å². The van der Waals surface area contributed by atoms with Gasteiger partial charge in [0.1, 0.15) is 0 Å². The SMILES string of the molecule is CN1CCC(N(C)C(=O)c2ccc(Nc3nc4c(N5CCC(CO)(C6CCCC6)CC5)cccn4n3)cc2)CC1. The summed E-state index contributed by atoms with van der Waals surface area (Å²) in [5, 5.41) is 18.3. The van der Waals surface area contributed by atoms with Crippen molar-refractivity contribution in [2.45, 2.75) is 57.4 Å². The maximum atomic E-state index is 13.1. The van der Waals surface area contributed by atoms with E-state index in [0.29, 0.717) is 30.1 Å². The molecule has 2 aliphatic heterocycles. The van der Waals surface area contributed by atoms with Gasteiger partial charge in [0, 0.05) is 50.2 Å². The van der Waals surface area contributed by atoms with Gasteiger partial charge in [0.25, 0.3) is 5.91 Å². The lowest BCUT2D eigenvalue weighted by atomic mass is 9.68. The average molecular weight is 546 g/mol. The molecule has 1 saturated carbocycles. The van der Waals surface area contributed by atoms with Gasteiger partial charge in [-0.3, -0.25) is 4.79 Å². The van der Waals surface area contributed by atoms with E-state index < -0.39 is 0 Å². The molecule has 4 heterocycles. The molecule has 0 radical (unpaired) electrons. The molecule has 1 amide bonds. The van der Waals surface area contributed by atoms with Crippen LogP contribution in [0, 0.1) is 11.3 Å². The lowest BCUT2D eigenvalue weighted by Gasteiger charge is -2.45. The normalized spacial score (nSPS) is 20.7. The zero-order chi connectivity index (χ0) is 27.7. The van der Waals surface area contributed by atoms with Crippen LogP contribution in [0.3, 0.4) is 0 Å². The number of nitrogens with zero attached hydrogens (tertiary/aromatic N) is 6. The Morgan fingerprint density at radius 3 is 2.42 bits per heavy atom. The van der Waals surface area contributed by atoms with E-state index in [1.807, 2.05) is 53.0 Å². The summed E-state index contributed by atoms with van der Waals surface area (Å²) in [5.74, 6) is 1.26. The first-order valence-corrected chi connectivity index (χ1v) is 15.0. The number of carbonyl (C=O) groups excluding carboxylic acids is 1. The highest BCUT2D eigenvalue weighted by Crippen LogP contribution is 2.47. The van der Waals surface area contributed by atoms with Crippen molar-refractivity contribution in [3.63, 3.8) is 0 Å². The van der Waals surface area contributed by atoms with Crippen LogP contribution in [0.25, 0.3) is 5.65 Å². The topological polar surface area (TPSA) is 89.2 Å². The quantitative estimate of drug-likeness (QED) is 0.455. The van der Waals surface area contributed by atoms with Crippen molar-refractivity contribution in [3.05, 3.63) is 48.2 Å². The average Bonchev–Trinajstić information content (AvgIpc) is 3.68. The minimum atomic E-state index is 0.0660. The summed E-state index contributed by atoms with van der Waals surface area (Å²) < 4.78 is 1.83. The van der Waals surface area contributed by atoms with Crippen LogP contribution >= 0.6 is 0 Å². The molecule has 3 aliphatic rings. The lowest BCUT2D eigenvalue weighted by Crippen LogP contribution is -2.45. The number of piperidine rings is 2. The molecule has 3 aromatic rings. The van der Waals surface area contributed by atoms with Crippen LogP contribution in [0.1, 0.15) is 61.7 Å². The standard InChI is InChI=1S/C31H43N7O2/c1-35-18-13-26(14-19-35)36(2)29(40)23-9-11-25(12-10-23)32-30-33-28-27(8-5-17-38(28)34-30)37-20-15-31(22-39,16-21-37)24-6-3-4-7-24/h5,8-12,17,24,26,39H,3-4,6-7,13-16,18-22H2,1-2H3,(H,32,34). The van der Waals surface area contributed by atoms with Gasteiger partial charge in [0.05, 0.1) is 5.69 Å². The summed E-state index contributed by atoms with van der Waals surface area (Å²) in [6.45, 7) is 4.20. The molecule has 0 atom stereocenters. The van der Waals surface area contributed by atoms with E-state index in [0.717, 1.165) is 68.9 Å². The number of benzene rings is 1. The molecule has 3 fully saturated rings. The first kappa shape index (κ1) is 27.0. The van der Waals surface area contributed by atoms with Gasteiger partial charge in [-0.2, -0.15) is 4.98 Å². The number of aromatic nitrogens is 3. The maximum Gasteiger partial charge on any atom is 0.253 e. The molecule has 2 saturated heterocycles. The molecular formula is C31H43N7O2. The van der Waals surface area contributed by atoms with Gasteiger partial charge in [-0.25, -0.2) is 4.52 Å². The molecule has 9 heteroatoms. The first-order valence-electron chi connectivity index (χ1n) is 15.0. The molecule has 0 spiro atoms. The summed E-state index contributed by atoms with van der Waals surface area (Å²) in [7, 11) is 4.05. The molecule has 214 valence electrons. The number of anilines is 3. The van der Waals surface area contributed by atoms with Crippen LogP contribution in [0.2, 0.25) is 0 Å². The molecule has 9 nitrogen and oxygen atoms in total. The van der Waals surface area contributed by atoms with Gasteiger partial charge in [-0.1, -0.05) is 12.8 Å². The lowest BCUT2D eigenvalue weighted by molar-refractivity contribution is 0.0378. The summed E-state index contributed by atoms with van der Waals surface area (Å²) in [6, 6.07) is 12.0. The summed E-state index contributed by atoms with van der Waals surface area (Å²) in [6.07, 6.45) is 11.1. The van der Waals surface area contributed by atoms with Gasteiger partial charge < -0.3 is 25.1 Å². The number of hydrogen-bond donors (Lipinski definition) is 2. The second-order valence-corrected chi connectivity index (χ2v) is 12.2. The number of rotatable bonds is 7. The molecule has 2 aromatic heterocycles. The Morgan fingerprint density at radius 2 is 1.75 bits per heavy atom. The van der Waals surface area contributed by atoms with E-state index in [9.17, 15) is 9.90 Å². The third-order valence-electron chi connectivity index (χ3n) is 9.92. The fourth-order valence-corrected chi connectivity index (χ4v) is 7.20. The number of pyridine rings is 1. The number of fused-ring (bicyclic) bond motifs is 1. The summed E-state index contributed by atoms with van der Waals surface area (Å²) in [4.78, 5) is 24.5. The fourth-order valence-electron chi connectivity index (χ4n) is 7.20. The number of carbonyl (C=O) groups is 1. The Balaban J connectivity index is 1.12.